The SMILES string of the molecule is CC(C)(C)OC(=O)Nc1cc(Br)ccc1C(=O)O. The molecular formula is C12H14BrNO4. The van der Waals surface area contributed by atoms with Crippen molar-refractivity contribution in [3.05, 3.63) is 28.2 Å². The van der Waals surface area contributed by atoms with Gasteiger partial charge in [-0.1, -0.05) is 15.9 Å². The second-order valence-corrected chi connectivity index (χ2v) is 5.54. The van der Waals surface area contributed by atoms with Crippen molar-refractivity contribution < 1.29 is 19.4 Å². The number of hydrogen-bond acceptors (Lipinski definition) is 3. The highest BCUT2D eigenvalue weighted by molar-refractivity contribution is 9.10. The summed E-state index contributed by atoms with van der Waals surface area (Å²) >= 11 is 3.21. The number of aromatic carboxylic acids is 1. The first kappa shape index (κ1) is 14.5. The number of nitrogens with one attached hydrogen (secondary N) is 1. The van der Waals surface area contributed by atoms with Crippen LogP contribution in [0.3, 0.4) is 0 Å². The zero-order valence-corrected chi connectivity index (χ0v) is 11.9. The quantitative estimate of drug-likeness (QED) is 0.875. The van der Waals surface area contributed by atoms with Crippen LogP contribution >= 0.6 is 15.9 Å². The Morgan fingerprint density at radius 1 is 1.33 bits per heavy atom. The number of anilines is 1. The molecule has 1 amide bonds. The number of hydrogen-bond donors (Lipinski definition) is 2. The highest BCUT2D eigenvalue weighted by Gasteiger charge is 2.18. The molecule has 0 fully saturated rings. The number of carboxylic acids is 1. The minimum atomic E-state index is -1.12. The van der Waals surface area contributed by atoms with E-state index >= 15 is 0 Å². The fourth-order valence-corrected chi connectivity index (χ4v) is 1.58. The molecule has 0 saturated heterocycles. The van der Waals surface area contributed by atoms with Crippen molar-refractivity contribution in [3.63, 3.8) is 0 Å². The third-order valence-electron chi connectivity index (χ3n) is 1.85. The third kappa shape index (κ3) is 4.37. The maximum absolute atomic E-state index is 11.6. The summed E-state index contributed by atoms with van der Waals surface area (Å²) in [5.41, 5.74) is -0.449. The van der Waals surface area contributed by atoms with Gasteiger partial charge in [0.25, 0.3) is 0 Å². The highest BCUT2D eigenvalue weighted by Crippen LogP contribution is 2.22. The summed E-state index contributed by atoms with van der Waals surface area (Å²) in [6.45, 7) is 5.18. The molecular weight excluding hydrogens is 302 g/mol. The number of carbonyl (C=O) groups excluding carboxylic acids is 1. The van der Waals surface area contributed by atoms with Gasteiger partial charge in [0.2, 0.25) is 0 Å². The standard InChI is InChI=1S/C12H14BrNO4/c1-12(2,3)18-11(17)14-9-6-7(13)4-5-8(9)10(15)16/h4-6H,1-3H3,(H,14,17)(H,15,16). The van der Waals surface area contributed by atoms with Crippen LogP contribution in [0.4, 0.5) is 10.5 Å². The molecule has 1 aromatic rings. The maximum Gasteiger partial charge on any atom is 0.412 e. The molecule has 0 aromatic heterocycles. The van der Waals surface area contributed by atoms with Gasteiger partial charge in [-0.25, -0.2) is 9.59 Å². The number of amides is 1. The summed E-state index contributed by atoms with van der Waals surface area (Å²) in [6, 6.07) is 4.50. The summed E-state index contributed by atoms with van der Waals surface area (Å²) in [5, 5.41) is 11.4. The van der Waals surface area contributed by atoms with Crippen LogP contribution in [-0.4, -0.2) is 22.8 Å². The fraction of sp³-hybridized carbons (Fsp3) is 0.333. The summed E-state index contributed by atoms with van der Waals surface area (Å²) in [6.07, 6.45) is -0.692. The largest absolute Gasteiger partial charge is 0.478 e. The topological polar surface area (TPSA) is 75.6 Å². The summed E-state index contributed by atoms with van der Waals surface area (Å²) in [4.78, 5) is 22.6. The number of carboxylic acid groups (broad SMARTS) is 1. The second-order valence-electron chi connectivity index (χ2n) is 4.62. The molecule has 0 atom stereocenters. The lowest BCUT2D eigenvalue weighted by Gasteiger charge is -2.20. The fourth-order valence-electron chi connectivity index (χ4n) is 1.22. The molecule has 0 aliphatic rings. The van der Waals surface area contributed by atoms with Crippen LogP contribution in [0.25, 0.3) is 0 Å². The molecule has 18 heavy (non-hydrogen) atoms. The molecule has 0 aliphatic carbocycles. The van der Waals surface area contributed by atoms with Crippen LogP contribution < -0.4 is 5.32 Å². The van der Waals surface area contributed by atoms with Gasteiger partial charge >= 0.3 is 12.1 Å². The van der Waals surface area contributed by atoms with Gasteiger partial charge in [0.1, 0.15) is 5.60 Å². The number of benzene rings is 1. The zero-order chi connectivity index (χ0) is 13.9. The Hall–Kier alpha value is -1.56. The minimum Gasteiger partial charge on any atom is -0.478 e. The number of rotatable bonds is 2. The minimum absolute atomic E-state index is 0.00376. The molecule has 0 radical (unpaired) electrons. The van der Waals surface area contributed by atoms with Crippen molar-refractivity contribution in [3.8, 4) is 0 Å². The zero-order valence-electron chi connectivity index (χ0n) is 10.3. The first-order valence-corrected chi connectivity index (χ1v) is 6.01. The summed E-state index contributed by atoms with van der Waals surface area (Å²) in [5.74, 6) is -1.12. The predicted molar refractivity (Wildman–Crippen MR) is 71.0 cm³/mol. The van der Waals surface area contributed by atoms with Crippen molar-refractivity contribution in [2.45, 2.75) is 26.4 Å². The second kappa shape index (κ2) is 5.39. The monoisotopic (exact) mass is 315 g/mol. The van der Waals surface area contributed by atoms with E-state index in [-0.39, 0.29) is 11.3 Å². The molecule has 5 nitrogen and oxygen atoms in total. The lowest BCUT2D eigenvalue weighted by Crippen LogP contribution is -2.27. The van der Waals surface area contributed by atoms with Crippen molar-refractivity contribution >= 4 is 33.7 Å². The first-order valence-electron chi connectivity index (χ1n) is 5.22. The Labute approximate surface area is 113 Å². The Balaban J connectivity index is 2.93. The normalized spacial score (nSPS) is 10.9. The van der Waals surface area contributed by atoms with Gasteiger partial charge in [0, 0.05) is 4.47 Å². The lowest BCUT2D eigenvalue weighted by molar-refractivity contribution is 0.0636. The van der Waals surface area contributed by atoms with Crippen molar-refractivity contribution in [1.29, 1.82) is 0 Å². The van der Waals surface area contributed by atoms with Crippen LogP contribution in [0.1, 0.15) is 31.1 Å². The number of halogens is 1. The van der Waals surface area contributed by atoms with E-state index in [1.54, 1.807) is 26.8 Å². The van der Waals surface area contributed by atoms with Crippen LogP contribution in [0.2, 0.25) is 0 Å². The number of ether oxygens (including phenoxy) is 1. The predicted octanol–water partition coefficient (Wildman–Crippen LogP) is 3.49. The molecule has 0 spiro atoms. The molecule has 0 saturated carbocycles. The van der Waals surface area contributed by atoms with E-state index in [1.165, 1.54) is 12.1 Å². The van der Waals surface area contributed by atoms with E-state index in [0.29, 0.717) is 4.47 Å². The number of carbonyl (C=O) groups is 2. The Kier molecular flexibility index (Phi) is 4.34. The third-order valence-corrected chi connectivity index (χ3v) is 2.34. The first-order chi connectivity index (χ1) is 8.19. The van der Waals surface area contributed by atoms with Gasteiger partial charge in [-0.2, -0.15) is 0 Å². The molecule has 98 valence electrons. The van der Waals surface area contributed by atoms with Crippen LogP contribution in [-0.2, 0) is 4.74 Å². The van der Waals surface area contributed by atoms with Crippen molar-refractivity contribution in [2.24, 2.45) is 0 Å². The van der Waals surface area contributed by atoms with E-state index in [9.17, 15) is 9.59 Å². The van der Waals surface area contributed by atoms with E-state index in [1.807, 2.05) is 0 Å². The van der Waals surface area contributed by atoms with E-state index in [4.69, 9.17) is 9.84 Å². The molecule has 0 aliphatic heterocycles. The van der Waals surface area contributed by atoms with Crippen LogP contribution in [0, 0.1) is 0 Å². The van der Waals surface area contributed by atoms with Gasteiger partial charge in [-0.05, 0) is 39.0 Å². The Morgan fingerprint density at radius 3 is 2.44 bits per heavy atom. The van der Waals surface area contributed by atoms with Gasteiger partial charge in [-0.15, -0.1) is 0 Å². The van der Waals surface area contributed by atoms with Gasteiger partial charge in [0.05, 0.1) is 11.3 Å². The van der Waals surface area contributed by atoms with Crippen molar-refractivity contribution in [2.75, 3.05) is 5.32 Å². The van der Waals surface area contributed by atoms with E-state index < -0.39 is 17.7 Å². The van der Waals surface area contributed by atoms with E-state index in [2.05, 4.69) is 21.2 Å². The molecule has 6 heteroatoms. The van der Waals surface area contributed by atoms with E-state index in [0.717, 1.165) is 0 Å². The molecule has 0 unspecified atom stereocenters. The maximum atomic E-state index is 11.6. The average Bonchev–Trinajstić information content (AvgIpc) is 2.13. The van der Waals surface area contributed by atoms with Gasteiger partial charge < -0.3 is 9.84 Å². The summed E-state index contributed by atoms with van der Waals surface area (Å²) in [7, 11) is 0. The molecule has 1 aromatic carbocycles. The Morgan fingerprint density at radius 2 is 1.94 bits per heavy atom. The van der Waals surface area contributed by atoms with Crippen LogP contribution in [0.5, 0.6) is 0 Å². The van der Waals surface area contributed by atoms with Gasteiger partial charge in [0.15, 0.2) is 0 Å². The highest BCUT2D eigenvalue weighted by atomic mass is 79.9. The molecule has 2 N–H and O–H groups in total. The Bertz CT molecular complexity index is 479. The van der Waals surface area contributed by atoms with Crippen LogP contribution in [0.15, 0.2) is 22.7 Å². The average molecular weight is 316 g/mol. The summed E-state index contributed by atoms with van der Waals surface area (Å²) < 4.78 is 5.72. The molecule has 0 heterocycles. The lowest BCUT2D eigenvalue weighted by atomic mass is 10.2. The molecule has 1 rings (SSSR count). The van der Waals surface area contributed by atoms with Crippen molar-refractivity contribution in [1.82, 2.24) is 0 Å². The smallest absolute Gasteiger partial charge is 0.412 e. The molecule has 0 bridgehead atoms. The van der Waals surface area contributed by atoms with Gasteiger partial charge in [-0.3, -0.25) is 5.32 Å².